The molecule has 0 aliphatic rings. The Bertz CT molecular complexity index is 340. The number of pyridine rings is 1. The summed E-state index contributed by atoms with van der Waals surface area (Å²) in [6, 6.07) is 2.62. The van der Waals surface area contributed by atoms with Gasteiger partial charge in [-0.25, -0.2) is 8.78 Å². The zero-order valence-corrected chi connectivity index (χ0v) is 7.98. The van der Waals surface area contributed by atoms with Crippen molar-refractivity contribution in [3.05, 3.63) is 29.6 Å². The molecule has 6 heteroatoms. The molecule has 4 nitrogen and oxygen atoms in total. The molecule has 0 bridgehead atoms. The molecule has 1 amide bonds. The molecule has 0 aliphatic heterocycles. The predicted octanol–water partition coefficient (Wildman–Crippen LogP) is 1.13. The minimum Gasteiger partial charge on any atom is -0.369 e. The second-order valence-corrected chi connectivity index (χ2v) is 2.83. The summed E-state index contributed by atoms with van der Waals surface area (Å²) >= 11 is 0. The minimum atomic E-state index is -2.66. The van der Waals surface area contributed by atoms with Crippen molar-refractivity contribution >= 4 is 5.91 Å². The van der Waals surface area contributed by atoms with E-state index in [0.717, 1.165) is 6.20 Å². The number of primary amides is 1. The lowest BCUT2D eigenvalue weighted by molar-refractivity contribution is -0.0366. The van der Waals surface area contributed by atoms with E-state index in [1.54, 1.807) is 0 Å². The van der Waals surface area contributed by atoms with Crippen LogP contribution >= 0.6 is 0 Å². The number of halogens is 2. The predicted molar refractivity (Wildman–Crippen MR) is 48.5 cm³/mol. The first-order chi connectivity index (χ1) is 7.06. The number of rotatable bonds is 4. The molecular weight excluding hydrogens is 206 g/mol. The summed E-state index contributed by atoms with van der Waals surface area (Å²) in [5, 5.41) is 0. The van der Waals surface area contributed by atoms with Gasteiger partial charge in [0.1, 0.15) is 0 Å². The van der Waals surface area contributed by atoms with Crippen LogP contribution in [0.1, 0.15) is 22.2 Å². The summed E-state index contributed by atoms with van der Waals surface area (Å²) in [6.45, 7) is 0. The number of amides is 1. The van der Waals surface area contributed by atoms with Crippen LogP contribution in [0.15, 0.2) is 18.3 Å². The highest BCUT2D eigenvalue weighted by Gasteiger charge is 2.23. The summed E-state index contributed by atoms with van der Waals surface area (Å²) in [7, 11) is 1.17. The van der Waals surface area contributed by atoms with E-state index in [1.165, 1.54) is 19.2 Å². The number of nitrogens with two attached hydrogens (primary N) is 1. The average Bonchev–Trinajstić information content (AvgIpc) is 2.19. The Hall–Kier alpha value is -1.56. The lowest BCUT2D eigenvalue weighted by Gasteiger charge is -2.13. The van der Waals surface area contributed by atoms with Gasteiger partial charge in [0, 0.05) is 13.3 Å². The summed E-state index contributed by atoms with van der Waals surface area (Å²) in [5.41, 5.74) is 5.21. The monoisotopic (exact) mass is 216 g/mol. The van der Waals surface area contributed by atoms with Crippen LogP contribution in [0, 0.1) is 0 Å². The van der Waals surface area contributed by atoms with Gasteiger partial charge in [-0.2, -0.15) is 0 Å². The Kier molecular flexibility index (Phi) is 3.68. The van der Waals surface area contributed by atoms with Crippen LogP contribution in [0.4, 0.5) is 8.78 Å². The number of alkyl halides is 2. The quantitative estimate of drug-likeness (QED) is 0.820. The highest BCUT2D eigenvalue weighted by atomic mass is 19.3. The van der Waals surface area contributed by atoms with E-state index in [4.69, 9.17) is 5.73 Å². The largest absolute Gasteiger partial charge is 0.369 e. The van der Waals surface area contributed by atoms with Gasteiger partial charge in [0.05, 0.1) is 11.3 Å². The number of hydrogen-bond donors (Lipinski definition) is 1. The Morgan fingerprint density at radius 3 is 2.53 bits per heavy atom. The molecule has 1 atom stereocenters. The maximum Gasteiger partial charge on any atom is 0.269 e. The van der Waals surface area contributed by atoms with Crippen LogP contribution < -0.4 is 5.73 Å². The van der Waals surface area contributed by atoms with Crippen molar-refractivity contribution < 1.29 is 18.3 Å². The molecule has 0 spiro atoms. The highest BCUT2D eigenvalue weighted by Crippen LogP contribution is 2.21. The molecule has 0 radical (unpaired) electrons. The molecule has 15 heavy (non-hydrogen) atoms. The first-order valence-corrected chi connectivity index (χ1v) is 4.13. The van der Waals surface area contributed by atoms with Crippen molar-refractivity contribution in [2.75, 3.05) is 7.11 Å². The van der Waals surface area contributed by atoms with Gasteiger partial charge in [-0.15, -0.1) is 0 Å². The minimum absolute atomic E-state index is 0.0671. The third-order valence-corrected chi connectivity index (χ3v) is 1.85. The van der Waals surface area contributed by atoms with Crippen LogP contribution in [0.2, 0.25) is 0 Å². The van der Waals surface area contributed by atoms with Crippen LogP contribution in [0.3, 0.4) is 0 Å². The summed E-state index contributed by atoms with van der Waals surface area (Å²) in [6.07, 6.45) is -2.90. The first-order valence-electron chi connectivity index (χ1n) is 4.13. The lowest BCUT2D eigenvalue weighted by atomic mass is 10.2. The number of aromatic nitrogens is 1. The second kappa shape index (κ2) is 4.79. The standard InChI is InChI=1S/C9H10F2N2O2/c1-15-7(8(10)11)6-3-2-5(4-13-6)9(12)14/h2-4,7-8H,1H3,(H2,12,14). The molecule has 0 aliphatic carbocycles. The fraction of sp³-hybridized carbons (Fsp3) is 0.333. The lowest BCUT2D eigenvalue weighted by Crippen LogP contribution is -2.15. The third kappa shape index (κ3) is 2.69. The molecule has 82 valence electrons. The highest BCUT2D eigenvalue weighted by molar-refractivity contribution is 5.92. The normalized spacial score (nSPS) is 12.8. The third-order valence-electron chi connectivity index (χ3n) is 1.85. The molecule has 0 fully saturated rings. The van der Waals surface area contributed by atoms with Gasteiger partial charge in [-0.1, -0.05) is 0 Å². The maximum absolute atomic E-state index is 12.4. The van der Waals surface area contributed by atoms with E-state index in [1.807, 2.05) is 0 Å². The molecule has 2 N–H and O–H groups in total. The van der Waals surface area contributed by atoms with Crippen molar-refractivity contribution in [3.8, 4) is 0 Å². The van der Waals surface area contributed by atoms with E-state index in [-0.39, 0.29) is 11.3 Å². The number of carbonyl (C=O) groups excluding carboxylic acids is 1. The van der Waals surface area contributed by atoms with Crippen molar-refractivity contribution in [1.29, 1.82) is 0 Å². The van der Waals surface area contributed by atoms with Crippen LogP contribution in [-0.4, -0.2) is 24.4 Å². The fourth-order valence-corrected chi connectivity index (χ4v) is 1.07. The number of ether oxygens (including phenoxy) is 1. The van der Waals surface area contributed by atoms with Crippen molar-refractivity contribution in [2.45, 2.75) is 12.5 Å². The summed E-state index contributed by atoms with van der Waals surface area (Å²) in [5.74, 6) is -0.653. The molecule has 1 aromatic rings. The number of methoxy groups -OCH3 is 1. The van der Waals surface area contributed by atoms with E-state index < -0.39 is 18.4 Å². The molecule has 1 aromatic heterocycles. The summed E-state index contributed by atoms with van der Waals surface area (Å²) < 4.78 is 29.3. The summed E-state index contributed by atoms with van der Waals surface area (Å²) in [4.78, 5) is 14.4. The van der Waals surface area contributed by atoms with Gasteiger partial charge in [0.2, 0.25) is 5.91 Å². The Morgan fingerprint density at radius 2 is 2.20 bits per heavy atom. The van der Waals surface area contributed by atoms with E-state index in [9.17, 15) is 13.6 Å². The molecule has 1 heterocycles. The fourth-order valence-electron chi connectivity index (χ4n) is 1.07. The molecule has 1 rings (SSSR count). The molecule has 0 aromatic carbocycles. The molecule has 0 saturated carbocycles. The topological polar surface area (TPSA) is 65.2 Å². The van der Waals surface area contributed by atoms with E-state index in [0.29, 0.717) is 0 Å². The Balaban J connectivity index is 2.92. The van der Waals surface area contributed by atoms with Gasteiger partial charge in [-0.3, -0.25) is 9.78 Å². The second-order valence-electron chi connectivity index (χ2n) is 2.83. The van der Waals surface area contributed by atoms with Crippen molar-refractivity contribution in [3.63, 3.8) is 0 Å². The smallest absolute Gasteiger partial charge is 0.269 e. The maximum atomic E-state index is 12.4. The molecular formula is C9H10F2N2O2. The number of carbonyl (C=O) groups is 1. The molecule has 0 saturated heterocycles. The van der Waals surface area contributed by atoms with Crippen LogP contribution in [0.5, 0.6) is 0 Å². The van der Waals surface area contributed by atoms with E-state index >= 15 is 0 Å². The zero-order valence-electron chi connectivity index (χ0n) is 7.98. The van der Waals surface area contributed by atoms with Crippen LogP contribution in [0.25, 0.3) is 0 Å². The van der Waals surface area contributed by atoms with Gasteiger partial charge < -0.3 is 10.5 Å². The molecule has 1 unspecified atom stereocenters. The number of nitrogens with zero attached hydrogens (tertiary/aromatic N) is 1. The first kappa shape index (κ1) is 11.5. The van der Waals surface area contributed by atoms with E-state index in [2.05, 4.69) is 9.72 Å². The van der Waals surface area contributed by atoms with Gasteiger partial charge in [-0.05, 0) is 12.1 Å². The number of hydrogen-bond acceptors (Lipinski definition) is 3. The SMILES string of the molecule is COC(c1ccc(C(N)=O)cn1)C(F)F. The van der Waals surface area contributed by atoms with Crippen molar-refractivity contribution in [2.24, 2.45) is 5.73 Å². The van der Waals surface area contributed by atoms with Crippen LogP contribution in [-0.2, 0) is 4.74 Å². The zero-order chi connectivity index (χ0) is 11.4. The van der Waals surface area contributed by atoms with Gasteiger partial charge in [0.25, 0.3) is 6.43 Å². The Morgan fingerprint density at radius 1 is 1.53 bits per heavy atom. The average molecular weight is 216 g/mol. The van der Waals surface area contributed by atoms with Gasteiger partial charge in [0.15, 0.2) is 6.10 Å². The van der Waals surface area contributed by atoms with Gasteiger partial charge >= 0.3 is 0 Å². The van der Waals surface area contributed by atoms with Crippen molar-refractivity contribution in [1.82, 2.24) is 4.98 Å². The Labute approximate surface area is 85.1 Å².